The maximum atomic E-state index is 13.1. The lowest BCUT2D eigenvalue weighted by molar-refractivity contribution is -0.137. The SMILES string of the molecule is COCC1(SN2CCc3nc(Cl)nc(NCc4cc(N)cc(C(F)(F)F)c4)c3C2)CCC1. The van der Waals surface area contributed by atoms with Gasteiger partial charge in [-0.2, -0.15) is 13.2 Å². The fourth-order valence-electron chi connectivity index (χ4n) is 4.12. The number of nitrogen functional groups attached to an aromatic ring is 1. The number of halogens is 4. The van der Waals surface area contributed by atoms with E-state index in [2.05, 4.69) is 19.6 Å². The van der Waals surface area contributed by atoms with Gasteiger partial charge < -0.3 is 15.8 Å². The number of aromatic nitrogens is 2. The molecule has 4 rings (SSSR count). The topological polar surface area (TPSA) is 76.3 Å². The van der Waals surface area contributed by atoms with Crippen molar-refractivity contribution in [1.82, 2.24) is 14.3 Å². The molecule has 0 radical (unpaired) electrons. The first-order valence-electron chi connectivity index (χ1n) is 10.4. The van der Waals surface area contributed by atoms with Gasteiger partial charge in [-0.05, 0) is 48.2 Å². The number of benzene rings is 1. The minimum atomic E-state index is -4.46. The normalized spacial score (nSPS) is 18.2. The molecule has 0 atom stereocenters. The molecule has 3 N–H and O–H groups in total. The van der Waals surface area contributed by atoms with Gasteiger partial charge in [0.2, 0.25) is 5.28 Å². The maximum Gasteiger partial charge on any atom is 0.416 e. The second kappa shape index (κ2) is 9.24. The molecule has 174 valence electrons. The molecule has 1 saturated carbocycles. The van der Waals surface area contributed by atoms with Crippen LogP contribution < -0.4 is 11.1 Å². The van der Waals surface area contributed by atoms with Gasteiger partial charge in [-0.1, -0.05) is 18.4 Å². The smallest absolute Gasteiger partial charge is 0.399 e. The van der Waals surface area contributed by atoms with Gasteiger partial charge in [-0.25, -0.2) is 14.3 Å². The van der Waals surface area contributed by atoms with Crippen LogP contribution in [0.5, 0.6) is 0 Å². The lowest BCUT2D eigenvalue weighted by Crippen LogP contribution is -2.42. The van der Waals surface area contributed by atoms with Crippen LogP contribution in [0.3, 0.4) is 0 Å². The van der Waals surface area contributed by atoms with Crippen molar-refractivity contribution in [3.63, 3.8) is 0 Å². The molecular weight excluding hydrogens is 463 g/mol. The molecule has 1 aliphatic carbocycles. The third-order valence-electron chi connectivity index (χ3n) is 5.80. The molecule has 1 fully saturated rings. The van der Waals surface area contributed by atoms with Crippen LogP contribution in [0, 0.1) is 0 Å². The van der Waals surface area contributed by atoms with E-state index < -0.39 is 11.7 Å². The largest absolute Gasteiger partial charge is 0.416 e. The summed E-state index contributed by atoms with van der Waals surface area (Å²) in [6.45, 7) is 2.30. The lowest BCUT2D eigenvalue weighted by atomic mass is 9.85. The molecule has 11 heteroatoms. The highest BCUT2D eigenvalue weighted by atomic mass is 35.5. The zero-order valence-corrected chi connectivity index (χ0v) is 19.2. The van der Waals surface area contributed by atoms with Gasteiger partial charge in [-0.3, -0.25) is 0 Å². The van der Waals surface area contributed by atoms with Crippen molar-refractivity contribution in [2.45, 2.75) is 49.7 Å². The number of anilines is 2. The Kier molecular flexibility index (Phi) is 6.76. The van der Waals surface area contributed by atoms with Crippen LogP contribution in [0.15, 0.2) is 18.2 Å². The van der Waals surface area contributed by atoms with E-state index >= 15 is 0 Å². The molecule has 0 amide bonds. The number of rotatable bonds is 7. The van der Waals surface area contributed by atoms with E-state index in [0.717, 1.165) is 49.2 Å². The molecule has 2 aliphatic rings. The van der Waals surface area contributed by atoms with E-state index in [1.165, 1.54) is 12.5 Å². The highest BCUT2D eigenvalue weighted by molar-refractivity contribution is 7.98. The summed E-state index contributed by atoms with van der Waals surface area (Å²) in [7, 11) is 1.73. The number of nitrogens with one attached hydrogen (secondary N) is 1. The number of alkyl halides is 3. The average Bonchev–Trinajstić information content (AvgIpc) is 2.69. The Balaban J connectivity index is 1.52. The Labute approximate surface area is 194 Å². The van der Waals surface area contributed by atoms with E-state index in [-0.39, 0.29) is 22.3 Å². The van der Waals surface area contributed by atoms with Gasteiger partial charge in [0.15, 0.2) is 0 Å². The van der Waals surface area contributed by atoms with Crippen molar-refractivity contribution in [2.24, 2.45) is 0 Å². The molecular formula is C21H25ClF3N5OS. The minimum Gasteiger partial charge on any atom is -0.399 e. The Bertz CT molecular complexity index is 987. The summed E-state index contributed by atoms with van der Waals surface area (Å²) in [4.78, 5) is 8.70. The fraction of sp³-hybridized carbons (Fsp3) is 0.524. The van der Waals surface area contributed by atoms with Gasteiger partial charge in [-0.15, -0.1) is 0 Å². The zero-order chi connectivity index (χ0) is 22.9. The number of nitrogens with two attached hydrogens (primary N) is 1. The summed E-state index contributed by atoms with van der Waals surface area (Å²) in [5.74, 6) is 0.538. The summed E-state index contributed by atoms with van der Waals surface area (Å²) < 4.78 is 47.2. The van der Waals surface area contributed by atoms with Crippen molar-refractivity contribution < 1.29 is 17.9 Å². The van der Waals surface area contributed by atoms with Crippen molar-refractivity contribution in [2.75, 3.05) is 31.3 Å². The van der Waals surface area contributed by atoms with Crippen molar-refractivity contribution in [3.05, 3.63) is 45.9 Å². The second-order valence-electron chi connectivity index (χ2n) is 8.26. The van der Waals surface area contributed by atoms with E-state index in [9.17, 15) is 13.2 Å². The Morgan fingerprint density at radius 2 is 2.06 bits per heavy atom. The maximum absolute atomic E-state index is 13.1. The van der Waals surface area contributed by atoms with Crippen molar-refractivity contribution in [1.29, 1.82) is 0 Å². The lowest BCUT2D eigenvalue weighted by Gasteiger charge is -2.44. The van der Waals surface area contributed by atoms with Crippen LogP contribution >= 0.6 is 23.5 Å². The number of hydrogen-bond acceptors (Lipinski definition) is 7. The van der Waals surface area contributed by atoms with E-state index in [1.54, 1.807) is 7.11 Å². The average molecular weight is 488 g/mol. The second-order valence-corrected chi connectivity index (χ2v) is 10.2. The molecule has 2 heterocycles. The summed E-state index contributed by atoms with van der Waals surface area (Å²) in [5, 5.41) is 3.27. The summed E-state index contributed by atoms with van der Waals surface area (Å²) >= 11 is 7.95. The zero-order valence-electron chi connectivity index (χ0n) is 17.6. The highest BCUT2D eigenvalue weighted by Crippen LogP contribution is 2.47. The summed E-state index contributed by atoms with van der Waals surface area (Å²) in [6, 6.07) is 3.54. The van der Waals surface area contributed by atoms with Gasteiger partial charge in [0.1, 0.15) is 5.82 Å². The number of hydrogen-bond donors (Lipinski definition) is 2. The molecule has 1 aromatic carbocycles. The molecule has 0 unspecified atom stereocenters. The molecule has 0 bridgehead atoms. The highest BCUT2D eigenvalue weighted by Gasteiger charge is 2.40. The molecule has 0 spiro atoms. The van der Waals surface area contributed by atoms with E-state index in [0.29, 0.717) is 24.5 Å². The standard InChI is InChI=1S/C21H25ClF3N5OS/c1-31-12-20(4-2-5-20)32-30-6-3-17-16(11-30)18(29-19(22)28-17)27-10-13-7-14(21(23,24)25)9-15(26)8-13/h7-9H,2-6,10-12,26H2,1H3,(H,27,28,29). The van der Waals surface area contributed by atoms with Gasteiger partial charge in [0, 0.05) is 44.4 Å². The molecule has 2 aromatic rings. The van der Waals surface area contributed by atoms with Gasteiger partial charge in [0.25, 0.3) is 0 Å². The van der Waals surface area contributed by atoms with Crippen molar-refractivity contribution >= 4 is 35.1 Å². The van der Waals surface area contributed by atoms with Gasteiger partial charge >= 0.3 is 6.18 Å². The first kappa shape index (κ1) is 23.4. The van der Waals surface area contributed by atoms with Crippen molar-refractivity contribution in [3.8, 4) is 0 Å². The third-order valence-corrected chi connectivity index (χ3v) is 7.45. The third kappa shape index (κ3) is 5.24. The van der Waals surface area contributed by atoms with E-state index in [4.69, 9.17) is 22.1 Å². The van der Waals surface area contributed by atoms with Crippen LogP contribution in [-0.2, 0) is 30.4 Å². The van der Waals surface area contributed by atoms with Crippen LogP contribution in [0.25, 0.3) is 0 Å². The number of ether oxygens (including phenoxy) is 1. The Hall–Kier alpha value is -1.75. The molecule has 1 aromatic heterocycles. The molecule has 6 nitrogen and oxygen atoms in total. The Morgan fingerprint density at radius 1 is 1.28 bits per heavy atom. The Morgan fingerprint density at radius 3 is 2.72 bits per heavy atom. The van der Waals surface area contributed by atoms with Crippen LogP contribution in [0.1, 0.15) is 41.6 Å². The van der Waals surface area contributed by atoms with Crippen LogP contribution in [-0.4, -0.2) is 39.3 Å². The summed E-state index contributed by atoms with van der Waals surface area (Å²) in [5.41, 5.74) is 7.17. The number of fused-ring (bicyclic) bond motifs is 1. The monoisotopic (exact) mass is 487 g/mol. The van der Waals surface area contributed by atoms with Gasteiger partial charge in [0.05, 0.1) is 22.6 Å². The molecule has 1 aliphatic heterocycles. The number of nitrogens with zero attached hydrogens (tertiary/aromatic N) is 3. The predicted molar refractivity (Wildman–Crippen MR) is 120 cm³/mol. The van der Waals surface area contributed by atoms with E-state index in [1.807, 2.05) is 11.9 Å². The fourth-order valence-corrected chi connectivity index (χ4v) is 5.88. The first-order valence-corrected chi connectivity index (χ1v) is 11.5. The summed E-state index contributed by atoms with van der Waals surface area (Å²) in [6.07, 6.45) is -0.299. The molecule has 0 saturated heterocycles. The molecule has 32 heavy (non-hydrogen) atoms. The minimum absolute atomic E-state index is 0.0610. The predicted octanol–water partition coefficient (Wildman–Crippen LogP) is 4.92. The quantitative estimate of drug-likeness (QED) is 0.326. The number of methoxy groups -OCH3 is 1. The van der Waals surface area contributed by atoms with Crippen LogP contribution in [0.4, 0.5) is 24.7 Å². The van der Waals surface area contributed by atoms with Crippen LogP contribution in [0.2, 0.25) is 5.28 Å². The first-order chi connectivity index (χ1) is 15.2.